The van der Waals surface area contributed by atoms with Crippen molar-refractivity contribution in [3.8, 4) is 0 Å². The van der Waals surface area contributed by atoms with Crippen LogP contribution in [0.4, 0.5) is 8.78 Å². The van der Waals surface area contributed by atoms with Crippen molar-refractivity contribution in [3.05, 3.63) is 0 Å². The molecule has 0 saturated heterocycles. The fraction of sp³-hybridized carbons (Fsp3) is 0.923. The molecule has 8 heteroatoms. The Morgan fingerprint density at radius 2 is 2.05 bits per heavy atom. The van der Waals surface area contributed by atoms with E-state index in [1.165, 1.54) is 0 Å². The maximum atomic E-state index is 13.4. The van der Waals surface area contributed by atoms with Crippen molar-refractivity contribution in [1.29, 1.82) is 0 Å². The molecule has 0 aromatic heterocycles. The lowest BCUT2D eigenvalue weighted by atomic mass is 9.88. The molecule has 1 fully saturated rings. The molecule has 1 unspecified atom stereocenters. The number of carbonyl (C=O) groups is 1. The number of hydrogen-bond donors (Lipinski definition) is 1. The zero-order chi connectivity index (χ0) is 16.1. The van der Waals surface area contributed by atoms with Crippen LogP contribution >= 0.6 is 0 Å². The number of amides is 1. The lowest BCUT2D eigenvalue weighted by molar-refractivity contribution is -0.121. The number of sulfonamides is 1. The van der Waals surface area contributed by atoms with Crippen molar-refractivity contribution in [2.75, 3.05) is 25.4 Å². The molecule has 124 valence electrons. The molecule has 1 atom stereocenters. The minimum absolute atomic E-state index is 0.155. The molecular formula is C13H24F2N2O3S. The van der Waals surface area contributed by atoms with Crippen LogP contribution < -0.4 is 5.32 Å². The number of hydrogen-bond acceptors (Lipinski definition) is 3. The van der Waals surface area contributed by atoms with Gasteiger partial charge in [-0.1, -0.05) is 6.92 Å². The summed E-state index contributed by atoms with van der Waals surface area (Å²) in [4.78, 5) is 11.5. The fourth-order valence-corrected chi connectivity index (χ4v) is 4.44. The standard InChI is InChI=1S/C13H24F2N2O3S/c1-3-16-12(18)9-17(4-2)21(19,20)10-11-6-5-7-13(14,15)8-11/h11H,3-10H2,1-2H3,(H,16,18). The predicted octanol–water partition coefficient (Wildman–Crippen LogP) is 1.60. The van der Waals surface area contributed by atoms with Crippen molar-refractivity contribution in [3.63, 3.8) is 0 Å². The Hall–Kier alpha value is -0.760. The van der Waals surface area contributed by atoms with Crippen molar-refractivity contribution in [2.24, 2.45) is 5.92 Å². The van der Waals surface area contributed by atoms with Gasteiger partial charge in [0.05, 0.1) is 12.3 Å². The van der Waals surface area contributed by atoms with Gasteiger partial charge in [-0.05, 0) is 25.7 Å². The third kappa shape index (κ3) is 5.86. The monoisotopic (exact) mass is 326 g/mol. The largest absolute Gasteiger partial charge is 0.355 e. The van der Waals surface area contributed by atoms with E-state index in [0.717, 1.165) is 4.31 Å². The Bertz CT molecular complexity index is 454. The number of rotatable bonds is 7. The molecule has 0 bridgehead atoms. The van der Waals surface area contributed by atoms with E-state index in [1.54, 1.807) is 13.8 Å². The summed E-state index contributed by atoms with van der Waals surface area (Å²) >= 11 is 0. The van der Waals surface area contributed by atoms with Crippen molar-refractivity contribution >= 4 is 15.9 Å². The highest BCUT2D eigenvalue weighted by molar-refractivity contribution is 7.89. The van der Waals surface area contributed by atoms with E-state index in [2.05, 4.69) is 5.32 Å². The molecule has 1 saturated carbocycles. The topological polar surface area (TPSA) is 66.5 Å². The van der Waals surface area contributed by atoms with E-state index in [9.17, 15) is 22.0 Å². The first-order chi connectivity index (χ1) is 9.70. The molecule has 1 rings (SSSR count). The highest BCUT2D eigenvalue weighted by Crippen LogP contribution is 2.37. The van der Waals surface area contributed by atoms with Gasteiger partial charge in [0.25, 0.3) is 0 Å². The smallest absolute Gasteiger partial charge is 0.248 e. The number of halogens is 2. The van der Waals surface area contributed by atoms with Gasteiger partial charge >= 0.3 is 0 Å². The number of nitrogens with one attached hydrogen (secondary N) is 1. The van der Waals surface area contributed by atoms with E-state index in [-0.39, 0.29) is 37.6 Å². The van der Waals surface area contributed by atoms with Crippen molar-refractivity contribution in [2.45, 2.75) is 45.5 Å². The van der Waals surface area contributed by atoms with Crippen LogP contribution in [-0.2, 0) is 14.8 Å². The first-order valence-electron chi connectivity index (χ1n) is 7.32. The number of likely N-dealkylation sites (N-methyl/N-ethyl adjacent to an activating group) is 2. The minimum Gasteiger partial charge on any atom is -0.355 e. The van der Waals surface area contributed by atoms with Crippen LogP contribution in [0.15, 0.2) is 0 Å². The molecule has 0 aromatic rings. The molecule has 0 aliphatic heterocycles. The summed E-state index contributed by atoms with van der Waals surface area (Å²) in [6, 6.07) is 0. The fourth-order valence-electron chi connectivity index (χ4n) is 2.64. The second kappa shape index (κ2) is 7.49. The molecule has 1 aliphatic carbocycles. The van der Waals surface area contributed by atoms with Gasteiger partial charge in [0.1, 0.15) is 0 Å². The lowest BCUT2D eigenvalue weighted by Gasteiger charge is -2.30. The molecule has 1 aliphatic rings. The van der Waals surface area contributed by atoms with Gasteiger partial charge < -0.3 is 5.32 Å². The summed E-state index contributed by atoms with van der Waals surface area (Å²) in [6.45, 7) is 3.70. The lowest BCUT2D eigenvalue weighted by Crippen LogP contribution is -2.43. The quantitative estimate of drug-likeness (QED) is 0.773. The van der Waals surface area contributed by atoms with E-state index in [4.69, 9.17) is 0 Å². The summed E-state index contributed by atoms with van der Waals surface area (Å²) in [5, 5.41) is 2.53. The molecule has 0 radical (unpaired) electrons. The molecular weight excluding hydrogens is 302 g/mol. The van der Waals surface area contributed by atoms with Crippen LogP contribution in [0.3, 0.4) is 0 Å². The van der Waals surface area contributed by atoms with Gasteiger partial charge in [0, 0.05) is 25.9 Å². The third-order valence-electron chi connectivity index (χ3n) is 3.63. The molecule has 5 nitrogen and oxygen atoms in total. The first kappa shape index (κ1) is 18.3. The Labute approximate surface area is 125 Å². The predicted molar refractivity (Wildman–Crippen MR) is 76.6 cm³/mol. The van der Waals surface area contributed by atoms with Crippen LogP contribution in [0, 0.1) is 5.92 Å². The number of alkyl halides is 2. The SMILES string of the molecule is CCNC(=O)CN(CC)S(=O)(=O)CC1CCCC(F)(F)C1. The van der Waals surface area contributed by atoms with E-state index in [0.29, 0.717) is 19.4 Å². The highest BCUT2D eigenvalue weighted by Gasteiger charge is 2.38. The molecule has 0 heterocycles. The molecule has 1 amide bonds. The maximum Gasteiger partial charge on any atom is 0.248 e. The summed E-state index contributed by atoms with van der Waals surface area (Å²) in [5.41, 5.74) is 0. The molecule has 0 spiro atoms. The van der Waals surface area contributed by atoms with Gasteiger partial charge in [-0.25, -0.2) is 17.2 Å². The molecule has 0 aromatic carbocycles. The first-order valence-corrected chi connectivity index (χ1v) is 8.93. The third-order valence-corrected chi connectivity index (χ3v) is 5.70. The maximum absolute atomic E-state index is 13.4. The van der Waals surface area contributed by atoms with Crippen LogP contribution in [0.25, 0.3) is 0 Å². The molecule has 1 N–H and O–H groups in total. The molecule has 21 heavy (non-hydrogen) atoms. The summed E-state index contributed by atoms with van der Waals surface area (Å²) < 4.78 is 52.3. The van der Waals surface area contributed by atoms with E-state index < -0.39 is 21.9 Å². The Morgan fingerprint density at radius 1 is 1.38 bits per heavy atom. The van der Waals surface area contributed by atoms with Crippen LogP contribution in [0.1, 0.15) is 39.5 Å². The summed E-state index contributed by atoms with van der Waals surface area (Å²) in [7, 11) is -3.70. The Morgan fingerprint density at radius 3 is 2.57 bits per heavy atom. The van der Waals surface area contributed by atoms with Crippen LogP contribution in [0.2, 0.25) is 0 Å². The number of carbonyl (C=O) groups excluding carboxylic acids is 1. The average Bonchev–Trinajstić information content (AvgIpc) is 2.34. The Kier molecular flexibility index (Phi) is 6.52. The Balaban J connectivity index is 2.67. The van der Waals surface area contributed by atoms with Crippen molar-refractivity contribution < 1.29 is 22.0 Å². The zero-order valence-corrected chi connectivity index (χ0v) is 13.4. The summed E-state index contributed by atoms with van der Waals surface area (Å²) in [5.74, 6) is -4.00. The summed E-state index contributed by atoms with van der Waals surface area (Å²) in [6.07, 6.45) is 0.286. The zero-order valence-electron chi connectivity index (χ0n) is 12.6. The minimum atomic E-state index is -3.70. The van der Waals surface area contributed by atoms with Crippen LogP contribution in [0.5, 0.6) is 0 Å². The van der Waals surface area contributed by atoms with Crippen LogP contribution in [-0.4, -0.2) is 49.9 Å². The van der Waals surface area contributed by atoms with Gasteiger partial charge in [0.15, 0.2) is 0 Å². The van der Waals surface area contributed by atoms with Crippen molar-refractivity contribution in [1.82, 2.24) is 9.62 Å². The normalized spacial score (nSPS) is 22.2. The second-order valence-corrected chi connectivity index (χ2v) is 7.49. The number of nitrogens with zero attached hydrogens (tertiary/aromatic N) is 1. The van der Waals surface area contributed by atoms with Gasteiger partial charge in [0.2, 0.25) is 21.9 Å². The second-order valence-electron chi connectivity index (χ2n) is 5.48. The van der Waals surface area contributed by atoms with E-state index in [1.807, 2.05) is 0 Å². The van der Waals surface area contributed by atoms with Gasteiger partial charge in [-0.3, -0.25) is 4.79 Å². The van der Waals surface area contributed by atoms with E-state index >= 15 is 0 Å². The average molecular weight is 326 g/mol. The highest BCUT2D eigenvalue weighted by atomic mass is 32.2. The van der Waals surface area contributed by atoms with Gasteiger partial charge in [-0.2, -0.15) is 4.31 Å². The van der Waals surface area contributed by atoms with Gasteiger partial charge in [-0.15, -0.1) is 0 Å².